The summed E-state index contributed by atoms with van der Waals surface area (Å²) in [5.74, 6) is 2.02. The zero-order valence-electron chi connectivity index (χ0n) is 15.1. The van der Waals surface area contributed by atoms with Crippen LogP contribution in [-0.2, 0) is 0 Å². The standard InChI is InChI=1S/C20H17N3O4S/c1-25-14-5-2-4-12-10-15(26-17(12)14)20(24)23-8-7-13(11-23)18-21-19(27-22-18)16-6-3-9-28-16/h2-6,9-10,13H,7-8,11H2,1H3/t13-/m1/s1. The molecule has 0 bridgehead atoms. The minimum Gasteiger partial charge on any atom is -0.493 e. The summed E-state index contributed by atoms with van der Waals surface area (Å²) in [5, 5.41) is 6.94. The zero-order chi connectivity index (χ0) is 19.1. The van der Waals surface area contributed by atoms with E-state index in [4.69, 9.17) is 13.7 Å². The number of methoxy groups -OCH3 is 1. The fourth-order valence-electron chi connectivity index (χ4n) is 3.51. The maximum Gasteiger partial charge on any atom is 0.289 e. The molecule has 0 radical (unpaired) electrons. The number of para-hydroxylation sites is 1. The summed E-state index contributed by atoms with van der Waals surface area (Å²) in [7, 11) is 1.58. The minimum atomic E-state index is -0.136. The maximum atomic E-state index is 12.9. The van der Waals surface area contributed by atoms with Crippen molar-refractivity contribution in [1.29, 1.82) is 0 Å². The van der Waals surface area contributed by atoms with Gasteiger partial charge in [0, 0.05) is 24.4 Å². The molecular formula is C20H17N3O4S. The Morgan fingerprint density at radius 3 is 3.07 bits per heavy atom. The number of benzene rings is 1. The fourth-order valence-corrected chi connectivity index (χ4v) is 4.16. The highest BCUT2D eigenvalue weighted by molar-refractivity contribution is 7.13. The number of nitrogens with zero attached hydrogens (tertiary/aromatic N) is 3. The van der Waals surface area contributed by atoms with E-state index < -0.39 is 0 Å². The molecular weight excluding hydrogens is 378 g/mol. The molecule has 7 nitrogen and oxygen atoms in total. The van der Waals surface area contributed by atoms with Crippen molar-refractivity contribution < 1.29 is 18.5 Å². The van der Waals surface area contributed by atoms with E-state index >= 15 is 0 Å². The highest BCUT2D eigenvalue weighted by atomic mass is 32.1. The first-order valence-electron chi connectivity index (χ1n) is 8.96. The molecule has 5 rings (SSSR count). The third kappa shape index (κ3) is 2.86. The first-order chi connectivity index (χ1) is 13.7. The second-order valence-electron chi connectivity index (χ2n) is 6.66. The number of hydrogen-bond acceptors (Lipinski definition) is 7. The number of likely N-dealkylation sites (tertiary alicyclic amines) is 1. The van der Waals surface area contributed by atoms with E-state index in [2.05, 4.69) is 10.1 Å². The Morgan fingerprint density at radius 2 is 2.25 bits per heavy atom. The Labute approximate surface area is 164 Å². The monoisotopic (exact) mass is 395 g/mol. The number of fused-ring (bicyclic) bond motifs is 1. The molecule has 0 N–H and O–H groups in total. The predicted molar refractivity (Wildman–Crippen MR) is 104 cm³/mol. The second-order valence-corrected chi connectivity index (χ2v) is 7.61. The SMILES string of the molecule is COc1cccc2cc(C(=O)N3CC[C@@H](c4noc(-c5cccs5)n4)C3)oc12. The molecule has 3 aromatic heterocycles. The van der Waals surface area contributed by atoms with Gasteiger partial charge in [0.25, 0.3) is 11.8 Å². The highest BCUT2D eigenvalue weighted by Gasteiger charge is 2.32. The van der Waals surface area contributed by atoms with Crippen molar-refractivity contribution in [3.63, 3.8) is 0 Å². The Balaban J connectivity index is 1.34. The Morgan fingerprint density at radius 1 is 1.32 bits per heavy atom. The molecule has 1 atom stereocenters. The van der Waals surface area contributed by atoms with Gasteiger partial charge in [-0.2, -0.15) is 4.98 Å². The number of thiophene rings is 1. The van der Waals surface area contributed by atoms with E-state index in [-0.39, 0.29) is 11.8 Å². The maximum absolute atomic E-state index is 12.9. The summed E-state index contributed by atoms with van der Waals surface area (Å²) in [6.45, 7) is 1.16. The number of ether oxygens (including phenoxy) is 1. The molecule has 0 unspecified atom stereocenters. The Bertz CT molecular complexity index is 1130. The first-order valence-corrected chi connectivity index (χ1v) is 9.84. The van der Waals surface area contributed by atoms with Crippen LogP contribution in [0.2, 0.25) is 0 Å². The van der Waals surface area contributed by atoms with Gasteiger partial charge in [0.2, 0.25) is 0 Å². The van der Waals surface area contributed by atoms with Crippen molar-refractivity contribution in [2.45, 2.75) is 12.3 Å². The first kappa shape index (κ1) is 17.0. The normalized spacial score (nSPS) is 16.8. The van der Waals surface area contributed by atoms with Gasteiger partial charge in [-0.1, -0.05) is 23.4 Å². The molecule has 1 aliphatic heterocycles. The molecule has 1 aromatic carbocycles. The molecule has 4 aromatic rings. The molecule has 1 saturated heterocycles. The average molecular weight is 395 g/mol. The molecule has 28 heavy (non-hydrogen) atoms. The lowest BCUT2D eigenvalue weighted by Gasteiger charge is -2.13. The molecule has 1 fully saturated rings. The molecule has 0 spiro atoms. The third-order valence-corrected chi connectivity index (χ3v) is 5.81. The summed E-state index contributed by atoms with van der Waals surface area (Å²) in [6, 6.07) is 11.2. The lowest BCUT2D eigenvalue weighted by molar-refractivity contribution is 0.0761. The van der Waals surface area contributed by atoms with Crippen molar-refractivity contribution in [3.05, 3.63) is 53.4 Å². The molecule has 8 heteroatoms. The molecule has 4 heterocycles. The van der Waals surface area contributed by atoms with Crippen LogP contribution >= 0.6 is 11.3 Å². The van der Waals surface area contributed by atoms with Crippen molar-refractivity contribution >= 4 is 28.2 Å². The molecule has 1 amide bonds. The highest BCUT2D eigenvalue weighted by Crippen LogP contribution is 2.32. The number of amides is 1. The minimum absolute atomic E-state index is 0.0559. The van der Waals surface area contributed by atoms with Crippen LogP contribution in [0, 0.1) is 0 Å². The topological polar surface area (TPSA) is 81.6 Å². The van der Waals surface area contributed by atoms with E-state index in [1.165, 1.54) is 0 Å². The van der Waals surface area contributed by atoms with Crippen LogP contribution in [0.25, 0.3) is 21.7 Å². The number of carbonyl (C=O) groups excluding carboxylic acids is 1. The van der Waals surface area contributed by atoms with Gasteiger partial charge >= 0.3 is 0 Å². The summed E-state index contributed by atoms with van der Waals surface area (Å²) in [6.07, 6.45) is 0.790. The van der Waals surface area contributed by atoms with Crippen LogP contribution in [0.5, 0.6) is 5.75 Å². The van der Waals surface area contributed by atoms with Crippen LogP contribution in [0.1, 0.15) is 28.7 Å². The van der Waals surface area contributed by atoms with E-state index in [9.17, 15) is 4.79 Å². The quantitative estimate of drug-likeness (QED) is 0.516. The summed E-state index contributed by atoms with van der Waals surface area (Å²) in [4.78, 5) is 20.1. The smallest absolute Gasteiger partial charge is 0.289 e. The molecule has 0 aliphatic carbocycles. The number of hydrogen-bond donors (Lipinski definition) is 0. The lowest BCUT2D eigenvalue weighted by Crippen LogP contribution is -2.28. The molecule has 1 aliphatic rings. The fraction of sp³-hybridized carbons (Fsp3) is 0.250. The van der Waals surface area contributed by atoms with Crippen molar-refractivity contribution in [3.8, 4) is 16.5 Å². The van der Waals surface area contributed by atoms with E-state index in [0.717, 1.165) is 16.7 Å². The summed E-state index contributed by atoms with van der Waals surface area (Å²) >= 11 is 1.56. The largest absolute Gasteiger partial charge is 0.493 e. The lowest BCUT2D eigenvalue weighted by atomic mass is 10.1. The number of furan rings is 1. The zero-order valence-corrected chi connectivity index (χ0v) is 15.9. The third-order valence-electron chi connectivity index (χ3n) is 4.95. The second kappa shape index (κ2) is 6.79. The molecule has 142 valence electrons. The van der Waals surface area contributed by atoms with Crippen molar-refractivity contribution in [2.24, 2.45) is 0 Å². The van der Waals surface area contributed by atoms with E-state index in [1.54, 1.807) is 29.4 Å². The Kier molecular flexibility index (Phi) is 4.12. The number of carbonyl (C=O) groups is 1. The van der Waals surface area contributed by atoms with Crippen LogP contribution < -0.4 is 4.74 Å². The van der Waals surface area contributed by atoms with Gasteiger partial charge in [-0.15, -0.1) is 11.3 Å². The van der Waals surface area contributed by atoms with Crippen LogP contribution in [0.4, 0.5) is 0 Å². The van der Waals surface area contributed by atoms with Crippen molar-refractivity contribution in [2.75, 3.05) is 20.2 Å². The number of aromatic nitrogens is 2. The summed E-state index contributed by atoms with van der Waals surface area (Å²) < 4.78 is 16.5. The van der Waals surface area contributed by atoms with Crippen molar-refractivity contribution in [1.82, 2.24) is 15.0 Å². The van der Waals surface area contributed by atoms with Gasteiger partial charge in [-0.25, -0.2) is 0 Å². The predicted octanol–water partition coefficient (Wildman–Crippen LogP) is 4.18. The van der Waals surface area contributed by atoms with Crippen LogP contribution in [0.15, 0.2) is 50.7 Å². The van der Waals surface area contributed by atoms with Gasteiger partial charge in [0.1, 0.15) is 0 Å². The van der Waals surface area contributed by atoms with Gasteiger partial charge in [-0.3, -0.25) is 4.79 Å². The number of rotatable bonds is 4. The van der Waals surface area contributed by atoms with E-state index in [1.807, 2.05) is 35.7 Å². The van der Waals surface area contributed by atoms with Gasteiger partial charge in [0.05, 0.1) is 12.0 Å². The van der Waals surface area contributed by atoms with Gasteiger partial charge in [0.15, 0.2) is 22.9 Å². The Hall–Kier alpha value is -3.13. The average Bonchev–Trinajstić information content (AvgIpc) is 3.50. The van der Waals surface area contributed by atoms with Crippen LogP contribution in [0.3, 0.4) is 0 Å². The van der Waals surface area contributed by atoms with Gasteiger partial charge < -0.3 is 18.6 Å². The summed E-state index contributed by atoms with van der Waals surface area (Å²) in [5.41, 5.74) is 0.586. The van der Waals surface area contributed by atoms with Crippen LogP contribution in [-0.4, -0.2) is 41.1 Å². The molecule has 0 saturated carbocycles. The van der Waals surface area contributed by atoms with E-state index in [0.29, 0.717) is 41.9 Å². The van der Waals surface area contributed by atoms with Gasteiger partial charge in [-0.05, 0) is 30.0 Å².